The van der Waals surface area contributed by atoms with E-state index < -0.39 is 13.8 Å². The lowest BCUT2D eigenvalue weighted by Gasteiger charge is -2.17. The summed E-state index contributed by atoms with van der Waals surface area (Å²) in [4.78, 5) is 13.2. The Balaban J connectivity index is 3.13. The van der Waals surface area contributed by atoms with Crippen molar-refractivity contribution in [3.05, 3.63) is 23.8 Å². The molecule has 0 bridgehead atoms. The summed E-state index contributed by atoms with van der Waals surface area (Å²) < 4.78 is 24.2. The Morgan fingerprint density at radius 2 is 2.06 bits per heavy atom. The fourth-order valence-electron chi connectivity index (χ4n) is 1.59. The molecule has 0 fully saturated rings. The van der Waals surface area contributed by atoms with Gasteiger partial charge in [-0.25, -0.2) is 4.39 Å². The Hall–Kier alpha value is -1.35. The number of hydrogen-bond acceptors (Lipinski definition) is 3. The number of rotatable bonds is 4. The normalized spacial score (nSPS) is 11.3. The van der Waals surface area contributed by atoms with E-state index in [-0.39, 0.29) is 12.5 Å². The van der Waals surface area contributed by atoms with Crippen LogP contribution >= 0.6 is 7.14 Å². The molecule has 0 saturated carbocycles. The third kappa shape index (κ3) is 3.33. The zero-order valence-corrected chi connectivity index (χ0v) is 11.7. The van der Waals surface area contributed by atoms with Crippen LogP contribution in [0.15, 0.2) is 18.2 Å². The number of nitrogens with zero attached hydrogens (tertiary/aromatic N) is 1. The van der Waals surface area contributed by atoms with E-state index in [1.165, 1.54) is 18.0 Å². The summed E-state index contributed by atoms with van der Waals surface area (Å²) in [6, 6.07) is 4.66. The van der Waals surface area contributed by atoms with Crippen LogP contribution < -0.4 is 11.0 Å². The number of nitrogens with two attached hydrogens (primary N) is 1. The fraction of sp³-hybridized carbons (Fsp3) is 0.417. The maximum absolute atomic E-state index is 12.2. The van der Waals surface area contributed by atoms with Crippen LogP contribution in [0.1, 0.15) is 10.4 Å². The minimum absolute atomic E-state index is 0.0362. The van der Waals surface area contributed by atoms with Crippen molar-refractivity contribution in [3.8, 4) is 0 Å². The van der Waals surface area contributed by atoms with Crippen molar-refractivity contribution in [2.45, 2.75) is 0 Å². The largest absolute Gasteiger partial charge is 0.398 e. The molecule has 0 radical (unpaired) electrons. The first-order valence-electron chi connectivity index (χ1n) is 5.54. The Labute approximate surface area is 106 Å². The second-order valence-electron chi connectivity index (χ2n) is 4.54. The number of benzene rings is 1. The van der Waals surface area contributed by atoms with Crippen LogP contribution in [-0.4, -0.2) is 44.4 Å². The van der Waals surface area contributed by atoms with Gasteiger partial charge in [-0.2, -0.15) is 0 Å². The molecule has 0 aromatic heterocycles. The zero-order chi connectivity index (χ0) is 13.9. The Morgan fingerprint density at radius 1 is 1.44 bits per heavy atom. The SMILES string of the molecule is CN(CCF)C(=O)c1ccc(N)c(P(C)(C)=O)c1. The molecular weight excluding hydrogens is 254 g/mol. The fourth-order valence-corrected chi connectivity index (χ4v) is 2.74. The molecule has 2 N–H and O–H groups in total. The summed E-state index contributed by atoms with van der Waals surface area (Å²) in [7, 11) is -1.01. The first kappa shape index (κ1) is 14.7. The average Bonchev–Trinajstić information content (AvgIpc) is 2.27. The topological polar surface area (TPSA) is 63.4 Å². The summed E-state index contributed by atoms with van der Waals surface area (Å²) >= 11 is 0. The van der Waals surface area contributed by atoms with Crippen molar-refractivity contribution in [1.29, 1.82) is 0 Å². The van der Waals surface area contributed by atoms with Gasteiger partial charge >= 0.3 is 0 Å². The van der Waals surface area contributed by atoms with E-state index >= 15 is 0 Å². The van der Waals surface area contributed by atoms with Crippen LogP contribution in [0.5, 0.6) is 0 Å². The molecule has 0 aliphatic rings. The van der Waals surface area contributed by atoms with Gasteiger partial charge in [0.2, 0.25) is 0 Å². The number of anilines is 1. The smallest absolute Gasteiger partial charge is 0.253 e. The van der Waals surface area contributed by atoms with Crippen molar-refractivity contribution in [2.75, 3.05) is 39.3 Å². The van der Waals surface area contributed by atoms with Crippen molar-refractivity contribution in [1.82, 2.24) is 4.90 Å². The van der Waals surface area contributed by atoms with Crippen LogP contribution in [0.3, 0.4) is 0 Å². The van der Waals surface area contributed by atoms with Gasteiger partial charge in [0.25, 0.3) is 5.91 Å². The molecule has 6 heteroatoms. The maximum Gasteiger partial charge on any atom is 0.253 e. The summed E-state index contributed by atoms with van der Waals surface area (Å²) in [5, 5.41) is 0.488. The number of carbonyl (C=O) groups is 1. The molecule has 1 amide bonds. The highest BCUT2D eigenvalue weighted by atomic mass is 31.2. The minimum Gasteiger partial charge on any atom is -0.398 e. The van der Waals surface area contributed by atoms with Gasteiger partial charge in [-0.1, -0.05) is 0 Å². The van der Waals surface area contributed by atoms with E-state index in [9.17, 15) is 13.8 Å². The number of halogens is 1. The number of amides is 1. The van der Waals surface area contributed by atoms with Crippen molar-refractivity contribution >= 4 is 24.0 Å². The van der Waals surface area contributed by atoms with Crippen LogP contribution in [-0.2, 0) is 4.57 Å². The first-order valence-corrected chi connectivity index (χ1v) is 8.14. The Bertz CT molecular complexity index is 499. The number of nitrogen functional groups attached to an aromatic ring is 1. The first-order chi connectivity index (χ1) is 8.27. The van der Waals surface area contributed by atoms with Crippen LogP contribution in [0.4, 0.5) is 10.1 Å². The number of alkyl halides is 1. The Morgan fingerprint density at radius 3 is 2.56 bits per heavy atom. The van der Waals surface area contributed by atoms with E-state index in [1.54, 1.807) is 25.5 Å². The standard InChI is InChI=1S/C12H18FN2O2P/c1-15(7-6-13)12(16)9-4-5-10(14)11(8-9)18(2,3)17/h4-5,8H,6-7,14H2,1-3H3. The molecule has 100 valence electrons. The maximum atomic E-state index is 12.2. The molecule has 0 saturated heterocycles. The molecule has 0 atom stereocenters. The summed E-state index contributed by atoms with van der Waals surface area (Å²) in [5.74, 6) is -0.303. The lowest BCUT2D eigenvalue weighted by Crippen LogP contribution is -2.29. The van der Waals surface area contributed by atoms with Gasteiger partial charge in [-0.05, 0) is 31.5 Å². The summed E-state index contributed by atoms with van der Waals surface area (Å²) in [5.41, 5.74) is 6.54. The minimum atomic E-state index is -2.54. The van der Waals surface area contributed by atoms with Crippen LogP contribution in [0.25, 0.3) is 0 Å². The van der Waals surface area contributed by atoms with Gasteiger partial charge in [0.15, 0.2) is 0 Å². The van der Waals surface area contributed by atoms with Gasteiger partial charge in [-0.15, -0.1) is 0 Å². The second kappa shape index (κ2) is 5.53. The van der Waals surface area contributed by atoms with Crippen molar-refractivity contribution in [2.24, 2.45) is 0 Å². The zero-order valence-electron chi connectivity index (χ0n) is 10.8. The van der Waals surface area contributed by atoms with Gasteiger partial charge in [-0.3, -0.25) is 4.79 Å². The molecule has 0 spiro atoms. The molecule has 1 aromatic rings. The van der Waals surface area contributed by atoms with E-state index in [1.807, 2.05) is 0 Å². The highest BCUT2D eigenvalue weighted by molar-refractivity contribution is 7.70. The molecule has 1 aromatic carbocycles. The Kier molecular flexibility index (Phi) is 4.52. The van der Waals surface area contributed by atoms with E-state index in [4.69, 9.17) is 5.73 Å². The number of hydrogen-bond donors (Lipinski definition) is 1. The van der Waals surface area contributed by atoms with E-state index in [0.29, 0.717) is 16.6 Å². The van der Waals surface area contributed by atoms with Gasteiger partial charge in [0.1, 0.15) is 13.8 Å². The molecule has 1 rings (SSSR count). The van der Waals surface area contributed by atoms with Crippen LogP contribution in [0.2, 0.25) is 0 Å². The van der Waals surface area contributed by atoms with E-state index in [2.05, 4.69) is 0 Å². The van der Waals surface area contributed by atoms with Gasteiger partial charge < -0.3 is 15.2 Å². The molecule has 0 aliphatic heterocycles. The van der Waals surface area contributed by atoms with Crippen molar-refractivity contribution in [3.63, 3.8) is 0 Å². The highest BCUT2D eigenvalue weighted by Crippen LogP contribution is 2.37. The highest BCUT2D eigenvalue weighted by Gasteiger charge is 2.18. The third-order valence-corrected chi connectivity index (χ3v) is 4.17. The summed E-state index contributed by atoms with van der Waals surface area (Å²) in [6.45, 7) is 2.63. The lowest BCUT2D eigenvalue weighted by molar-refractivity contribution is 0.0786. The van der Waals surface area contributed by atoms with Gasteiger partial charge in [0.05, 0.1) is 0 Å². The predicted molar refractivity (Wildman–Crippen MR) is 72.9 cm³/mol. The van der Waals surface area contributed by atoms with Gasteiger partial charge in [0, 0.05) is 30.1 Å². The molecular formula is C12H18FN2O2P. The third-order valence-electron chi connectivity index (χ3n) is 2.62. The monoisotopic (exact) mass is 272 g/mol. The number of carbonyl (C=O) groups excluding carboxylic acids is 1. The molecule has 4 nitrogen and oxygen atoms in total. The molecule has 0 heterocycles. The summed E-state index contributed by atoms with van der Waals surface area (Å²) in [6.07, 6.45) is 0. The van der Waals surface area contributed by atoms with E-state index in [0.717, 1.165) is 0 Å². The molecule has 0 unspecified atom stereocenters. The average molecular weight is 272 g/mol. The van der Waals surface area contributed by atoms with Crippen molar-refractivity contribution < 1.29 is 13.8 Å². The molecule has 18 heavy (non-hydrogen) atoms. The second-order valence-corrected chi connectivity index (χ2v) is 7.72. The lowest BCUT2D eigenvalue weighted by atomic mass is 10.2. The molecule has 0 aliphatic carbocycles. The quantitative estimate of drug-likeness (QED) is 0.668. The predicted octanol–water partition coefficient (Wildman–Crippen LogP) is 1.56. The van der Waals surface area contributed by atoms with Crippen LogP contribution in [0, 0.1) is 0 Å².